The number of carbonyl (C=O) groups excluding carboxylic acids is 1. The Morgan fingerprint density at radius 2 is 1.82 bits per heavy atom. The number of aryl methyl sites for hydroxylation is 1. The second-order valence-corrected chi connectivity index (χ2v) is 12.0. The van der Waals surface area contributed by atoms with Gasteiger partial charge in [-0.1, -0.05) is 0 Å². The number of carbonyl (C=O) groups is 1. The van der Waals surface area contributed by atoms with Gasteiger partial charge in [-0.25, -0.2) is 13.4 Å². The van der Waals surface area contributed by atoms with Crippen LogP contribution < -0.4 is 20.3 Å². The van der Waals surface area contributed by atoms with Crippen LogP contribution in [-0.4, -0.2) is 65.3 Å². The monoisotopic (exact) mass is 534 g/mol. The van der Waals surface area contributed by atoms with Crippen LogP contribution in [0.15, 0.2) is 42.9 Å². The van der Waals surface area contributed by atoms with E-state index in [0.29, 0.717) is 40.2 Å². The Morgan fingerprint density at radius 3 is 2.55 bits per heavy atom. The maximum atomic E-state index is 13.4. The zero-order valence-electron chi connectivity index (χ0n) is 21.3. The molecule has 0 atom stereocenters. The van der Waals surface area contributed by atoms with E-state index in [0.717, 1.165) is 43.3 Å². The van der Waals surface area contributed by atoms with Gasteiger partial charge in [0.25, 0.3) is 5.91 Å². The predicted octanol–water partition coefficient (Wildman–Crippen LogP) is 2.93. The molecule has 1 aliphatic carbocycles. The number of nitrogens with zero attached hydrogens (tertiary/aromatic N) is 5. The summed E-state index contributed by atoms with van der Waals surface area (Å²) in [6.07, 6.45) is 10.9. The van der Waals surface area contributed by atoms with Gasteiger partial charge < -0.3 is 19.9 Å². The number of piperidine rings is 1. The van der Waals surface area contributed by atoms with Crippen LogP contribution >= 0.6 is 0 Å². The number of hydrogen-bond donors (Lipinski definition) is 3. The van der Waals surface area contributed by atoms with E-state index in [4.69, 9.17) is 0 Å². The standard InChI is InChI=1S/C26H30N8O3S/c1-16-14-34-15-19(13-22(25(34)28-16)32-38(2,36)37)30-26(35)21-5-6-23(20-7-10-27-31-24(20)21)33-11-8-18(9-12-33)29-17-3-4-17/h5-7,10,13-15,17-18,29,32H,3-4,8-9,11-12H2,1-2H3,(H,30,35). The Hall–Kier alpha value is -3.77. The first-order valence-corrected chi connectivity index (χ1v) is 14.7. The molecule has 1 aliphatic heterocycles. The molecule has 0 radical (unpaired) electrons. The summed E-state index contributed by atoms with van der Waals surface area (Å²) in [4.78, 5) is 20.2. The Kier molecular flexibility index (Phi) is 6.15. The van der Waals surface area contributed by atoms with Crippen LogP contribution in [0, 0.1) is 6.92 Å². The lowest BCUT2D eigenvalue weighted by Crippen LogP contribution is -2.43. The van der Waals surface area contributed by atoms with Crippen LogP contribution in [0.2, 0.25) is 0 Å². The topological polar surface area (TPSA) is 134 Å². The summed E-state index contributed by atoms with van der Waals surface area (Å²) in [5.74, 6) is -0.365. The second-order valence-electron chi connectivity index (χ2n) is 10.2. The van der Waals surface area contributed by atoms with Gasteiger partial charge >= 0.3 is 0 Å². The number of fused-ring (bicyclic) bond motifs is 2. The van der Waals surface area contributed by atoms with Gasteiger partial charge in [-0.05, 0) is 56.9 Å². The second kappa shape index (κ2) is 9.52. The highest BCUT2D eigenvalue weighted by molar-refractivity contribution is 7.92. The summed E-state index contributed by atoms with van der Waals surface area (Å²) in [5.41, 5.74) is 3.81. The average Bonchev–Trinajstić information content (AvgIpc) is 3.61. The molecule has 1 aromatic carbocycles. The highest BCUT2D eigenvalue weighted by atomic mass is 32.2. The van der Waals surface area contributed by atoms with Gasteiger partial charge in [0.05, 0.1) is 35.1 Å². The molecule has 4 aromatic rings. The fourth-order valence-corrected chi connectivity index (χ4v) is 5.71. The SMILES string of the molecule is Cc1cn2cc(NC(=O)c3ccc(N4CCC(NC5CC5)CC4)c4ccnnc34)cc(NS(C)(=O)=O)c2n1. The number of pyridine rings is 1. The molecule has 3 N–H and O–H groups in total. The van der Waals surface area contributed by atoms with Crippen LogP contribution in [-0.2, 0) is 10.0 Å². The lowest BCUT2D eigenvalue weighted by molar-refractivity contribution is 0.102. The van der Waals surface area contributed by atoms with E-state index < -0.39 is 10.0 Å². The zero-order valence-corrected chi connectivity index (χ0v) is 22.1. The summed E-state index contributed by atoms with van der Waals surface area (Å²) < 4.78 is 28.0. The minimum Gasteiger partial charge on any atom is -0.371 e. The summed E-state index contributed by atoms with van der Waals surface area (Å²) in [5, 5.41) is 15.9. The van der Waals surface area contributed by atoms with E-state index in [1.165, 1.54) is 12.8 Å². The van der Waals surface area contributed by atoms with E-state index in [2.05, 4.69) is 35.4 Å². The van der Waals surface area contributed by atoms with Crippen molar-refractivity contribution in [2.75, 3.05) is 34.3 Å². The maximum absolute atomic E-state index is 13.4. The van der Waals surface area contributed by atoms with Crippen LogP contribution in [0.25, 0.3) is 16.6 Å². The van der Waals surface area contributed by atoms with Crippen LogP contribution in [0.4, 0.5) is 17.1 Å². The third-order valence-electron chi connectivity index (χ3n) is 7.01. The van der Waals surface area contributed by atoms with Crippen molar-refractivity contribution in [3.8, 4) is 0 Å². The number of sulfonamides is 1. The first kappa shape index (κ1) is 24.6. The van der Waals surface area contributed by atoms with Gasteiger partial charge in [-0.15, -0.1) is 5.10 Å². The van der Waals surface area contributed by atoms with E-state index in [1.807, 2.05) is 19.1 Å². The number of anilines is 3. The highest BCUT2D eigenvalue weighted by Gasteiger charge is 2.28. The van der Waals surface area contributed by atoms with E-state index in [9.17, 15) is 13.2 Å². The molecule has 3 aromatic heterocycles. The molecule has 12 heteroatoms. The Bertz CT molecular complexity index is 1640. The van der Waals surface area contributed by atoms with Crippen LogP contribution in [0.3, 0.4) is 0 Å². The normalized spacial score (nSPS) is 16.7. The van der Waals surface area contributed by atoms with Crippen molar-refractivity contribution in [1.29, 1.82) is 0 Å². The van der Waals surface area contributed by atoms with Gasteiger partial charge in [-0.3, -0.25) is 9.52 Å². The largest absolute Gasteiger partial charge is 0.371 e. The number of aromatic nitrogens is 4. The summed E-state index contributed by atoms with van der Waals surface area (Å²) in [7, 11) is -3.55. The number of nitrogens with one attached hydrogen (secondary N) is 3. The Balaban J connectivity index is 1.28. The number of rotatable bonds is 7. The molecule has 6 rings (SSSR count). The van der Waals surface area contributed by atoms with E-state index >= 15 is 0 Å². The third-order valence-corrected chi connectivity index (χ3v) is 7.60. The molecule has 1 saturated heterocycles. The molecule has 2 fully saturated rings. The molecule has 4 heterocycles. The van der Waals surface area contributed by atoms with E-state index in [1.54, 1.807) is 35.1 Å². The predicted molar refractivity (Wildman–Crippen MR) is 147 cm³/mol. The molecule has 0 unspecified atom stereocenters. The van der Waals surface area contributed by atoms with Crippen molar-refractivity contribution in [3.05, 3.63) is 54.1 Å². The van der Waals surface area contributed by atoms with Crippen molar-refractivity contribution >= 4 is 49.5 Å². The number of benzene rings is 1. The summed E-state index contributed by atoms with van der Waals surface area (Å²) in [6.45, 7) is 3.69. The average molecular weight is 535 g/mol. The molecule has 1 amide bonds. The number of amides is 1. The molecule has 1 saturated carbocycles. The van der Waals surface area contributed by atoms with Gasteiger partial charge in [0.2, 0.25) is 10.0 Å². The van der Waals surface area contributed by atoms with Gasteiger partial charge in [0.15, 0.2) is 5.65 Å². The summed E-state index contributed by atoms with van der Waals surface area (Å²) >= 11 is 0. The number of imidazole rings is 1. The molecule has 0 spiro atoms. The fraction of sp³-hybridized carbons (Fsp3) is 0.385. The van der Waals surface area contributed by atoms with Crippen molar-refractivity contribution < 1.29 is 13.2 Å². The van der Waals surface area contributed by atoms with Crippen molar-refractivity contribution in [2.24, 2.45) is 0 Å². The molecule has 2 aliphatic rings. The minimum absolute atomic E-state index is 0.276. The quantitative estimate of drug-likeness (QED) is 0.330. The van der Waals surface area contributed by atoms with Crippen LogP contribution in [0.5, 0.6) is 0 Å². The highest BCUT2D eigenvalue weighted by Crippen LogP contribution is 2.31. The van der Waals surface area contributed by atoms with Gasteiger partial charge in [0, 0.05) is 48.6 Å². The van der Waals surface area contributed by atoms with Crippen LogP contribution in [0.1, 0.15) is 41.7 Å². The summed E-state index contributed by atoms with van der Waals surface area (Å²) in [6, 6.07) is 8.49. The van der Waals surface area contributed by atoms with E-state index in [-0.39, 0.29) is 11.6 Å². The number of hydrogen-bond acceptors (Lipinski definition) is 8. The lowest BCUT2D eigenvalue weighted by Gasteiger charge is -2.34. The molecule has 38 heavy (non-hydrogen) atoms. The smallest absolute Gasteiger partial charge is 0.257 e. The molecule has 0 bridgehead atoms. The third kappa shape index (κ3) is 5.14. The lowest BCUT2D eigenvalue weighted by atomic mass is 10.0. The maximum Gasteiger partial charge on any atom is 0.257 e. The minimum atomic E-state index is -3.55. The molecule has 11 nitrogen and oxygen atoms in total. The zero-order chi connectivity index (χ0) is 26.4. The molecular formula is C26H30N8O3S. The first-order valence-electron chi connectivity index (χ1n) is 12.8. The molecular weight excluding hydrogens is 504 g/mol. The Labute approximate surface area is 220 Å². The van der Waals surface area contributed by atoms with Crippen molar-refractivity contribution in [2.45, 2.75) is 44.7 Å². The fourth-order valence-electron chi connectivity index (χ4n) is 5.16. The van der Waals surface area contributed by atoms with Gasteiger partial charge in [0.1, 0.15) is 5.52 Å². The Morgan fingerprint density at radius 1 is 1.05 bits per heavy atom. The molecule has 198 valence electrons. The van der Waals surface area contributed by atoms with Crippen molar-refractivity contribution in [3.63, 3.8) is 0 Å². The van der Waals surface area contributed by atoms with Crippen molar-refractivity contribution in [1.82, 2.24) is 24.9 Å². The first-order chi connectivity index (χ1) is 18.2. The van der Waals surface area contributed by atoms with Gasteiger partial charge in [-0.2, -0.15) is 5.10 Å².